The number of nitrogens with one attached hydrogen (secondary N) is 1. The van der Waals surface area contributed by atoms with Crippen molar-refractivity contribution in [1.29, 1.82) is 0 Å². The lowest BCUT2D eigenvalue weighted by molar-refractivity contribution is -0.149. The molecule has 1 fully saturated rings. The molecule has 0 aliphatic carbocycles. The number of fused-ring (bicyclic) bond motifs is 1. The number of aromatic amines is 1. The maximum Gasteiger partial charge on any atom is 0.302 e. The summed E-state index contributed by atoms with van der Waals surface area (Å²) in [6.07, 6.45) is 4.81. The molecule has 0 amide bonds. The van der Waals surface area contributed by atoms with E-state index < -0.39 is 0 Å². The molecule has 1 saturated heterocycles. The minimum atomic E-state index is -0.258. The molecule has 3 heterocycles. The van der Waals surface area contributed by atoms with E-state index in [4.69, 9.17) is 15.2 Å². The van der Waals surface area contributed by atoms with Crippen LogP contribution in [0.4, 0.5) is 0 Å². The van der Waals surface area contributed by atoms with Crippen molar-refractivity contribution in [2.45, 2.75) is 65.0 Å². The number of hydrogen-bond acceptors (Lipinski definition) is 6. The largest absolute Gasteiger partial charge is 0.461 e. The fourth-order valence-corrected chi connectivity index (χ4v) is 4.09. The molecule has 0 radical (unpaired) electrons. The van der Waals surface area contributed by atoms with Gasteiger partial charge in [-0.2, -0.15) is 0 Å². The lowest BCUT2D eigenvalue weighted by atomic mass is 9.85. The van der Waals surface area contributed by atoms with Gasteiger partial charge < -0.3 is 20.2 Å². The molecule has 0 spiro atoms. The second kappa shape index (κ2) is 8.19. The average molecular weight is 389 g/mol. The van der Waals surface area contributed by atoms with Crippen LogP contribution in [0.2, 0.25) is 0 Å². The molecule has 154 valence electrons. The second-order valence-electron chi connectivity index (χ2n) is 8.68. The third kappa shape index (κ3) is 4.21. The zero-order valence-corrected chi connectivity index (χ0v) is 17.4. The molecule has 1 aliphatic rings. The van der Waals surface area contributed by atoms with Crippen LogP contribution in [0.1, 0.15) is 39.7 Å². The number of pyridine rings is 1. The third-order valence-electron chi connectivity index (χ3n) is 5.69. The van der Waals surface area contributed by atoms with Crippen molar-refractivity contribution < 1.29 is 14.3 Å². The molecule has 0 saturated carbocycles. The van der Waals surface area contributed by atoms with Crippen LogP contribution >= 0.6 is 0 Å². The predicted octanol–water partition coefficient (Wildman–Crippen LogP) is 2.46. The van der Waals surface area contributed by atoms with Crippen molar-refractivity contribution in [2.24, 2.45) is 11.1 Å². The summed E-state index contributed by atoms with van der Waals surface area (Å²) in [4.78, 5) is 21.6. The number of carbonyl (C=O) groups is 1. The molecular formula is C21H32N4O3. The summed E-state index contributed by atoms with van der Waals surface area (Å²) < 4.78 is 11.5. The Morgan fingerprint density at radius 2 is 2.21 bits per heavy atom. The molecule has 1 aliphatic heterocycles. The van der Waals surface area contributed by atoms with Gasteiger partial charge in [0.05, 0.1) is 6.04 Å². The van der Waals surface area contributed by atoms with Crippen LogP contribution in [-0.2, 0) is 20.7 Å². The number of nitrogens with zero attached hydrogens (tertiary/aromatic N) is 2. The highest BCUT2D eigenvalue weighted by molar-refractivity contribution is 5.79. The lowest BCUT2D eigenvalue weighted by Crippen LogP contribution is -2.57. The topological polar surface area (TPSA) is 93.5 Å². The molecule has 0 bridgehead atoms. The Kier molecular flexibility index (Phi) is 6.07. The molecule has 3 N–H and O–H groups in total. The van der Waals surface area contributed by atoms with Crippen LogP contribution in [0.3, 0.4) is 0 Å². The molecule has 4 atom stereocenters. The van der Waals surface area contributed by atoms with Gasteiger partial charge in [0.25, 0.3) is 0 Å². The number of ether oxygens (including phenoxy) is 2. The van der Waals surface area contributed by atoms with Gasteiger partial charge in [0.2, 0.25) is 0 Å². The minimum Gasteiger partial charge on any atom is -0.461 e. The Labute approximate surface area is 166 Å². The highest BCUT2D eigenvalue weighted by Crippen LogP contribution is 2.32. The number of H-pyrrole nitrogens is 1. The number of methoxy groups -OCH3 is 1. The first kappa shape index (κ1) is 20.8. The number of hydrogen-bond donors (Lipinski definition) is 2. The monoisotopic (exact) mass is 388 g/mol. The highest BCUT2D eigenvalue weighted by atomic mass is 16.5. The minimum absolute atomic E-state index is 0.0125. The van der Waals surface area contributed by atoms with E-state index in [0.717, 1.165) is 36.0 Å². The van der Waals surface area contributed by atoms with Gasteiger partial charge in [0.1, 0.15) is 18.0 Å². The summed E-state index contributed by atoms with van der Waals surface area (Å²) in [7, 11) is 1.70. The van der Waals surface area contributed by atoms with Gasteiger partial charge in [-0.1, -0.05) is 20.8 Å². The number of rotatable bonds is 6. The van der Waals surface area contributed by atoms with Crippen molar-refractivity contribution in [3.63, 3.8) is 0 Å². The van der Waals surface area contributed by atoms with Crippen LogP contribution in [0.15, 0.2) is 24.5 Å². The molecule has 3 rings (SSSR count). The molecule has 28 heavy (non-hydrogen) atoms. The molecule has 2 aromatic heterocycles. The van der Waals surface area contributed by atoms with Crippen LogP contribution in [0, 0.1) is 5.41 Å². The number of nitrogens with two attached hydrogens (primary N) is 1. The van der Waals surface area contributed by atoms with Gasteiger partial charge in [-0.3, -0.25) is 9.69 Å². The van der Waals surface area contributed by atoms with E-state index in [-0.39, 0.29) is 35.8 Å². The first-order valence-corrected chi connectivity index (χ1v) is 9.84. The van der Waals surface area contributed by atoms with Crippen LogP contribution < -0.4 is 5.73 Å². The molecule has 0 aromatic carbocycles. The van der Waals surface area contributed by atoms with Crippen molar-refractivity contribution >= 4 is 17.0 Å². The summed E-state index contributed by atoms with van der Waals surface area (Å²) in [6.45, 7) is 8.58. The number of aromatic nitrogens is 2. The summed E-state index contributed by atoms with van der Waals surface area (Å²) in [5.41, 5.74) is 8.46. The maximum atomic E-state index is 11.7. The Balaban J connectivity index is 1.91. The summed E-state index contributed by atoms with van der Waals surface area (Å²) in [5, 5.41) is 1.09. The van der Waals surface area contributed by atoms with Crippen molar-refractivity contribution in [3.8, 4) is 0 Å². The van der Waals surface area contributed by atoms with E-state index in [1.165, 1.54) is 6.92 Å². The van der Waals surface area contributed by atoms with E-state index >= 15 is 0 Å². The standard InChI is InChI=1S/C21H32N4O3/c1-13(26)28-17-8-10-25(20(27-5)18(22)21(2,3)4)16(17)11-14-12-24-19-15(14)7-6-9-23-19/h6-7,9,12,16-18,20H,8,10-11,22H2,1-5H3,(H,23,24)/t16-,17+,18-,20?/m1/s1. The van der Waals surface area contributed by atoms with Gasteiger partial charge >= 0.3 is 5.97 Å². The Morgan fingerprint density at radius 1 is 1.46 bits per heavy atom. The van der Waals surface area contributed by atoms with Crippen molar-refractivity contribution in [2.75, 3.05) is 13.7 Å². The van der Waals surface area contributed by atoms with E-state index in [0.29, 0.717) is 0 Å². The lowest BCUT2D eigenvalue weighted by Gasteiger charge is -2.41. The van der Waals surface area contributed by atoms with E-state index in [1.54, 1.807) is 13.3 Å². The van der Waals surface area contributed by atoms with Crippen LogP contribution in [-0.4, -0.2) is 58.9 Å². The van der Waals surface area contributed by atoms with Crippen molar-refractivity contribution in [3.05, 3.63) is 30.1 Å². The average Bonchev–Trinajstić information content (AvgIpc) is 3.20. The highest BCUT2D eigenvalue weighted by Gasteiger charge is 2.44. The van der Waals surface area contributed by atoms with Gasteiger partial charge in [-0.25, -0.2) is 4.98 Å². The zero-order chi connectivity index (χ0) is 20.5. The fraction of sp³-hybridized carbons (Fsp3) is 0.619. The summed E-state index contributed by atoms with van der Waals surface area (Å²) in [5.74, 6) is -0.258. The number of likely N-dealkylation sites (tertiary alicyclic amines) is 1. The predicted molar refractivity (Wildman–Crippen MR) is 109 cm³/mol. The normalized spacial score (nSPS) is 23.1. The molecule has 7 nitrogen and oxygen atoms in total. The van der Waals surface area contributed by atoms with Gasteiger partial charge in [0.15, 0.2) is 0 Å². The fourth-order valence-electron chi connectivity index (χ4n) is 4.09. The van der Waals surface area contributed by atoms with Gasteiger partial charge in [-0.05, 0) is 36.0 Å². The third-order valence-corrected chi connectivity index (χ3v) is 5.69. The van der Waals surface area contributed by atoms with Gasteiger partial charge in [-0.15, -0.1) is 0 Å². The van der Waals surface area contributed by atoms with Crippen molar-refractivity contribution in [1.82, 2.24) is 14.9 Å². The molecular weight excluding hydrogens is 356 g/mol. The van der Waals surface area contributed by atoms with Gasteiger partial charge in [0, 0.05) is 44.4 Å². The number of esters is 1. The molecule has 1 unspecified atom stereocenters. The Hall–Kier alpha value is -1.96. The Morgan fingerprint density at radius 3 is 2.86 bits per heavy atom. The quantitative estimate of drug-likeness (QED) is 0.739. The molecule has 7 heteroatoms. The van der Waals surface area contributed by atoms with Crippen LogP contribution in [0.25, 0.3) is 11.0 Å². The van der Waals surface area contributed by atoms with E-state index in [9.17, 15) is 4.79 Å². The Bertz CT molecular complexity index is 813. The first-order valence-electron chi connectivity index (χ1n) is 9.84. The summed E-state index contributed by atoms with van der Waals surface area (Å²) in [6, 6.07) is 3.80. The maximum absolute atomic E-state index is 11.7. The van der Waals surface area contributed by atoms with E-state index in [1.807, 2.05) is 12.3 Å². The van der Waals surface area contributed by atoms with E-state index in [2.05, 4.69) is 41.7 Å². The zero-order valence-electron chi connectivity index (χ0n) is 17.4. The first-order chi connectivity index (χ1) is 13.2. The number of carbonyl (C=O) groups excluding carboxylic acids is 1. The van der Waals surface area contributed by atoms with Crippen LogP contribution in [0.5, 0.6) is 0 Å². The smallest absolute Gasteiger partial charge is 0.302 e. The second-order valence-corrected chi connectivity index (χ2v) is 8.68. The summed E-state index contributed by atoms with van der Waals surface area (Å²) >= 11 is 0. The SMILES string of the molecule is COC([C@@H](N)C(C)(C)C)N1CC[C@H](OC(C)=O)[C@H]1Cc1c[nH]c2ncccc12. The molecule has 2 aromatic rings.